The third kappa shape index (κ3) is 2.97. The molecule has 4 rings (SSSR count). The van der Waals surface area contributed by atoms with Crippen LogP contribution in [0.5, 0.6) is 0 Å². The lowest BCUT2D eigenvalue weighted by Crippen LogP contribution is -2.49. The van der Waals surface area contributed by atoms with E-state index in [0.29, 0.717) is 18.1 Å². The number of hydrogen-bond acceptors (Lipinski definition) is 3. The lowest BCUT2D eigenvalue weighted by Gasteiger charge is -2.35. The largest absolute Gasteiger partial charge is 0.353 e. The van der Waals surface area contributed by atoms with Gasteiger partial charge in [-0.2, -0.15) is 0 Å². The SMILES string of the molecule is Cc1ccccc1C1C(=O)NCCN1Cc1nc2cc(Cl)ccc2n1C. The number of hydrogen-bond donors (Lipinski definition) is 1. The number of aromatic nitrogens is 2. The number of carbonyl (C=O) groups is 1. The number of imidazole rings is 1. The van der Waals surface area contributed by atoms with E-state index in [-0.39, 0.29) is 11.9 Å². The summed E-state index contributed by atoms with van der Waals surface area (Å²) in [5.41, 5.74) is 4.09. The Bertz CT molecular complexity index is 981. The number of rotatable bonds is 3. The highest BCUT2D eigenvalue weighted by atomic mass is 35.5. The number of nitrogens with one attached hydrogen (secondary N) is 1. The molecule has 1 saturated heterocycles. The van der Waals surface area contributed by atoms with Crippen LogP contribution >= 0.6 is 11.6 Å². The second kappa shape index (κ2) is 6.74. The molecular weight excluding hydrogens is 348 g/mol. The van der Waals surface area contributed by atoms with Gasteiger partial charge < -0.3 is 9.88 Å². The van der Waals surface area contributed by atoms with E-state index >= 15 is 0 Å². The van der Waals surface area contributed by atoms with Crippen molar-refractivity contribution in [3.63, 3.8) is 0 Å². The summed E-state index contributed by atoms with van der Waals surface area (Å²) in [5, 5.41) is 3.68. The van der Waals surface area contributed by atoms with Crippen molar-refractivity contribution in [2.24, 2.45) is 7.05 Å². The van der Waals surface area contributed by atoms with Crippen molar-refractivity contribution in [1.29, 1.82) is 0 Å². The molecule has 1 atom stereocenters. The number of halogens is 1. The molecule has 2 aromatic carbocycles. The molecule has 6 heteroatoms. The summed E-state index contributed by atoms with van der Waals surface area (Å²) in [6.07, 6.45) is 0. The van der Waals surface area contributed by atoms with Gasteiger partial charge in [0.25, 0.3) is 0 Å². The fourth-order valence-corrected chi connectivity index (χ4v) is 3.83. The third-order valence-electron chi connectivity index (χ3n) is 5.07. The van der Waals surface area contributed by atoms with Gasteiger partial charge in [-0.15, -0.1) is 0 Å². The Hall–Kier alpha value is -2.37. The normalized spacial score (nSPS) is 18.3. The van der Waals surface area contributed by atoms with Crippen LogP contribution in [0.1, 0.15) is 23.0 Å². The number of piperazine rings is 1. The van der Waals surface area contributed by atoms with Crippen molar-refractivity contribution in [2.45, 2.75) is 19.5 Å². The zero-order chi connectivity index (χ0) is 18.3. The molecule has 134 valence electrons. The molecule has 5 nitrogen and oxygen atoms in total. The number of benzene rings is 2. The van der Waals surface area contributed by atoms with Crippen LogP contribution in [0.15, 0.2) is 42.5 Å². The van der Waals surface area contributed by atoms with Crippen LogP contribution in [0.25, 0.3) is 11.0 Å². The predicted octanol–water partition coefficient (Wildman–Crippen LogP) is 3.21. The molecular formula is C20H21ClN4O. The number of carbonyl (C=O) groups excluding carboxylic acids is 1. The highest BCUT2D eigenvalue weighted by Crippen LogP contribution is 2.28. The summed E-state index contributed by atoms with van der Waals surface area (Å²) < 4.78 is 2.08. The standard InChI is InChI=1S/C20H21ClN4O/c1-13-5-3-4-6-15(13)19-20(26)22-9-10-25(19)12-18-23-16-11-14(21)7-8-17(16)24(18)2/h3-8,11,19H,9-10,12H2,1-2H3,(H,22,26). The highest BCUT2D eigenvalue weighted by molar-refractivity contribution is 6.31. The van der Waals surface area contributed by atoms with Gasteiger partial charge in [-0.25, -0.2) is 4.98 Å². The molecule has 0 saturated carbocycles. The minimum absolute atomic E-state index is 0.0485. The Morgan fingerprint density at radius 3 is 2.88 bits per heavy atom. The van der Waals surface area contributed by atoms with Crippen LogP contribution in [0.4, 0.5) is 0 Å². The second-order valence-electron chi connectivity index (χ2n) is 6.74. The first-order chi connectivity index (χ1) is 12.5. The van der Waals surface area contributed by atoms with Crippen molar-refractivity contribution >= 4 is 28.5 Å². The Labute approximate surface area is 157 Å². The van der Waals surface area contributed by atoms with E-state index < -0.39 is 0 Å². The molecule has 1 aliphatic heterocycles. The fraction of sp³-hybridized carbons (Fsp3) is 0.300. The molecule has 1 amide bonds. The van der Waals surface area contributed by atoms with E-state index in [2.05, 4.69) is 14.8 Å². The van der Waals surface area contributed by atoms with Gasteiger partial charge in [0.05, 0.1) is 17.6 Å². The number of aryl methyl sites for hydroxylation is 2. The van der Waals surface area contributed by atoms with Gasteiger partial charge in [-0.1, -0.05) is 35.9 Å². The first kappa shape index (κ1) is 17.1. The van der Waals surface area contributed by atoms with Crippen LogP contribution in [0.2, 0.25) is 5.02 Å². The van der Waals surface area contributed by atoms with Crippen LogP contribution in [-0.4, -0.2) is 33.4 Å². The van der Waals surface area contributed by atoms with Crippen LogP contribution in [0.3, 0.4) is 0 Å². The van der Waals surface area contributed by atoms with E-state index in [0.717, 1.165) is 34.5 Å². The topological polar surface area (TPSA) is 50.2 Å². The summed E-state index contributed by atoms with van der Waals surface area (Å²) >= 11 is 6.10. The van der Waals surface area contributed by atoms with Gasteiger partial charge in [0.2, 0.25) is 5.91 Å². The van der Waals surface area contributed by atoms with Gasteiger partial charge in [0, 0.05) is 25.2 Å². The number of fused-ring (bicyclic) bond motifs is 1. The molecule has 1 aliphatic rings. The molecule has 1 fully saturated rings. The van der Waals surface area contributed by atoms with Crippen molar-refractivity contribution < 1.29 is 4.79 Å². The first-order valence-corrected chi connectivity index (χ1v) is 9.10. The average Bonchev–Trinajstić information content (AvgIpc) is 2.91. The zero-order valence-electron chi connectivity index (χ0n) is 14.9. The van der Waals surface area contributed by atoms with Gasteiger partial charge in [0.15, 0.2) is 0 Å². The molecule has 1 unspecified atom stereocenters. The van der Waals surface area contributed by atoms with Crippen molar-refractivity contribution in [2.75, 3.05) is 13.1 Å². The van der Waals surface area contributed by atoms with E-state index in [1.807, 2.05) is 56.4 Å². The van der Waals surface area contributed by atoms with Crippen LogP contribution in [0, 0.1) is 6.92 Å². The molecule has 26 heavy (non-hydrogen) atoms. The van der Waals surface area contributed by atoms with Gasteiger partial charge in [-0.05, 0) is 36.2 Å². The maximum atomic E-state index is 12.7. The predicted molar refractivity (Wildman–Crippen MR) is 103 cm³/mol. The maximum Gasteiger partial charge on any atom is 0.242 e. The number of nitrogens with zero attached hydrogens (tertiary/aromatic N) is 3. The molecule has 1 aromatic heterocycles. The van der Waals surface area contributed by atoms with Crippen molar-refractivity contribution in [3.05, 3.63) is 64.4 Å². The Kier molecular flexibility index (Phi) is 4.42. The lowest BCUT2D eigenvalue weighted by molar-refractivity contribution is -0.129. The molecule has 2 heterocycles. The van der Waals surface area contributed by atoms with Crippen molar-refractivity contribution in [1.82, 2.24) is 19.8 Å². The molecule has 0 aliphatic carbocycles. The van der Waals surface area contributed by atoms with E-state index in [4.69, 9.17) is 16.6 Å². The summed E-state index contributed by atoms with van der Waals surface area (Å²) in [7, 11) is 2.01. The first-order valence-electron chi connectivity index (χ1n) is 8.73. The quantitative estimate of drug-likeness (QED) is 0.772. The minimum atomic E-state index is -0.298. The molecule has 0 bridgehead atoms. The lowest BCUT2D eigenvalue weighted by atomic mass is 9.98. The Balaban J connectivity index is 1.71. The smallest absolute Gasteiger partial charge is 0.242 e. The van der Waals surface area contributed by atoms with Gasteiger partial charge in [0.1, 0.15) is 11.9 Å². The maximum absolute atomic E-state index is 12.7. The molecule has 0 radical (unpaired) electrons. The Morgan fingerprint density at radius 2 is 2.08 bits per heavy atom. The molecule has 1 N–H and O–H groups in total. The van der Waals surface area contributed by atoms with E-state index in [9.17, 15) is 4.79 Å². The van der Waals surface area contributed by atoms with Gasteiger partial charge in [-0.3, -0.25) is 9.69 Å². The summed E-state index contributed by atoms with van der Waals surface area (Å²) in [6.45, 7) is 4.09. The van der Waals surface area contributed by atoms with Crippen LogP contribution in [-0.2, 0) is 18.4 Å². The van der Waals surface area contributed by atoms with Crippen LogP contribution < -0.4 is 5.32 Å². The molecule has 0 spiro atoms. The van der Waals surface area contributed by atoms with E-state index in [1.54, 1.807) is 0 Å². The van der Waals surface area contributed by atoms with E-state index in [1.165, 1.54) is 0 Å². The monoisotopic (exact) mass is 368 g/mol. The minimum Gasteiger partial charge on any atom is -0.353 e. The number of amides is 1. The Morgan fingerprint density at radius 1 is 1.27 bits per heavy atom. The second-order valence-corrected chi connectivity index (χ2v) is 7.18. The summed E-state index contributed by atoms with van der Waals surface area (Å²) in [6, 6.07) is 13.5. The summed E-state index contributed by atoms with van der Waals surface area (Å²) in [5.74, 6) is 0.975. The van der Waals surface area contributed by atoms with Crippen molar-refractivity contribution in [3.8, 4) is 0 Å². The zero-order valence-corrected chi connectivity index (χ0v) is 15.6. The average molecular weight is 369 g/mol. The fourth-order valence-electron chi connectivity index (χ4n) is 3.66. The van der Waals surface area contributed by atoms with Gasteiger partial charge >= 0.3 is 0 Å². The highest BCUT2D eigenvalue weighted by Gasteiger charge is 2.32. The third-order valence-corrected chi connectivity index (χ3v) is 5.31. The molecule has 3 aromatic rings. The summed E-state index contributed by atoms with van der Waals surface area (Å²) in [4.78, 5) is 19.6.